The number of aliphatic hydroxyl groups excluding tert-OH is 1. The van der Waals surface area contributed by atoms with Gasteiger partial charge in [0, 0.05) is 6.54 Å². The maximum Gasteiger partial charge on any atom is 0.407 e. The summed E-state index contributed by atoms with van der Waals surface area (Å²) in [5, 5.41) is 18.5. The average Bonchev–Trinajstić information content (AvgIpc) is 2.28. The van der Waals surface area contributed by atoms with Crippen molar-refractivity contribution in [2.24, 2.45) is 5.41 Å². The Kier molecular flexibility index (Phi) is 2.52. The average molecular weight is 187 g/mol. The number of carboxylic acid groups (broad SMARTS) is 1. The van der Waals surface area contributed by atoms with E-state index in [1.165, 1.54) is 4.90 Å². The maximum atomic E-state index is 10.8. The van der Waals surface area contributed by atoms with Crippen LogP contribution in [-0.2, 0) is 0 Å². The van der Waals surface area contributed by atoms with Crippen LogP contribution in [0.5, 0.6) is 0 Å². The number of hydrogen-bond acceptors (Lipinski definition) is 2. The summed E-state index contributed by atoms with van der Waals surface area (Å²) < 4.78 is 0. The molecular weight excluding hydrogens is 170 g/mol. The molecule has 0 radical (unpaired) electrons. The Balaban J connectivity index is 2.83. The molecule has 0 saturated carbocycles. The molecule has 1 aliphatic heterocycles. The molecule has 76 valence electrons. The summed E-state index contributed by atoms with van der Waals surface area (Å²) in [7, 11) is 0. The minimum atomic E-state index is -0.934. The van der Waals surface area contributed by atoms with Gasteiger partial charge in [0.25, 0.3) is 0 Å². The molecule has 4 nitrogen and oxygen atoms in total. The van der Waals surface area contributed by atoms with E-state index in [-0.39, 0.29) is 11.5 Å². The summed E-state index contributed by atoms with van der Waals surface area (Å²) in [6.45, 7) is 6.28. The fourth-order valence-electron chi connectivity index (χ4n) is 2.04. The van der Waals surface area contributed by atoms with Gasteiger partial charge in [-0.3, -0.25) is 0 Å². The number of carbonyl (C=O) groups is 1. The second kappa shape index (κ2) is 3.18. The van der Waals surface area contributed by atoms with E-state index in [1.807, 2.05) is 20.8 Å². The fraction of sp³-hybridized carbons (Fsp3) is 0.889. The molecule has 0 spiro atoms. The first kappa shape index (κ1) is 10.3. The summed E-state index contributed by atoms with van der Waals surface area (Å²) in [5.74, 6) is 0. The van der Waals surface area contributed by atoms with Gasteiger partial charge in [-0.1, -0.05) is 20.8 Å². The third-order valence-corrected chi connectivity index (χ3v) is 2.50. The first-order valence-electron chi connectivity index (χ1n) is 4.51. The molecule has 13 heavy (non-hydrogen) atoms. The van der Waals surface area contributed by atoms with Crippen LogP contribution in [-0.4, -0.2) is 39.9 Å². The van der Waals surface area contributed by atoms with Gasteiger partial charge in [0.2, 0.25) is 0 Å². The Labute approximate surface area is 78.2 Å². The van der Waals surface area contributed by atoms with Crippen molar-refractivity contribution in [3.05, 3.63) is 0 Å². The number of nitrogens with zero attached hydrogens (tertiary/aromatic N) is 1. The number of hydrogen-bond donors (Lipinski definition) is 2. The molecule has 1 heterocycles. The molecule has 1 aliphatic rings. The van der Waals surface area contributed by atoms with Crippen LogP contribution in [0.15, 0.2) is 0 Å². The van der Waals surface area contributed by atoms with E-state index in [9.17, 15) is 9.90 Å². The van der Waals surface area contributed by atoms with Crippen molar-refractivity contribution in [2.45, 2.75) is 39.3 Å². The zero-order chi connectivity index (χ0) is 10.2. The monoisotopic (exact) mass is 187 g/mol. The minimum Gasteiger partial charge on any atom is -0.465 e. The van der Waals surface area contributed by atoms with E-state index < -0.39 is 12.2 Å². The predicted molar refractivity (Wildman–Crippen MR) is 48.6 cm³/mol. The normalized spacial score (nSPS) is 29.4. The van der Waals surface area contributed by atoms with Gasteiger partial charge in [-0.15, -0.1) is 0 Å². The molecule has 1 amide bonds. The summed E-state index contributed by atoms with van der Waals surface area (Å²) >= 11 is 0. The van der Waals surface area contributed by atoms with Crippen LogP contribution >= 0.6 is 0 Å². The quantitative estimate of drug-likeness (QED) is 0.598. The Morgan fingerprint density at radius 3 is 2.31 bits per heavy atom. The van der Waals surface area contributed by atoms with Gasteiger partial charge in [0.05, 0.1) is 12.1 Å². The Morgan fingerprint density at radius 1 is 1.46 bits per heavy atom. The number of likely N-dealkylation sites (tertiary alicyclic amines) is 1. The number of rotatable bonds is 0. The first-order chi connectivity index (χ1) is 5.84. The summed E-state index contributed by atoms with van der Waals surface area (Å²) in [4.78, 5) is 12.2. The highest BCUT2D eigenvalue weighted by atomic mass is 16.4. The highest BCUT2D eigenvalue weighted by Crippen LogP contribution is 2.32. The summed E-state index contributed by atoms with van der Waals surface area (Å²) in [6.07, 6.45) is -0.901. The zero-order valence-electron chi connectivity index (χ0n) is 8.32. The van der Waals surface area contributed by atoms with Gasteiger partial charge in [-0.05, 0) is 11.8 Å². The highest BCUT2D eigenvalue weighted by molar-refractivity contribution is 5.66. The Bertz CT molecular complexity index is 209. The molecule has 1 unspecified atom stereocenters. The van der Waals surface area contributed by atoms with Gasteiger partial charge >= 0.3 is 6.09 Å². The second-order valence-electron chi connectivity index (χ2n) is 4.64. The molecule has 1 saturated heterocycles. The van der Waals surface area contributed by atoms with E-state index in [4.69, 9.17) is 5.11 Å². The van der Waals surface area contributed by atoms with Crippen molar-refractivity contribution in [1.29, 1.82) is 0 Å². The zero-order valence-corrected chi connectivity index (χ0v) is 8.32. The van der Waals surface area contributed by atoms with Gasteiger partial charge < -0.3 is 15.1 Å². The second-order valence-corrected chi connectivity index (χ2v) is 4.64. The number of aliphatic hydroxyl groups is 1. The third kappa shape index (κ3) is 1.94. The summed E-state index contributed by atoms with van der Waals surface area (Å²) in [6, 6.07) is -0.273. The Hall–Kier alpha value is -0.770. The first-order valence-corrected chi connectivity index (χ1v) is 4.51. The fourth-order valence-corrected chi connectivity index (χ4v) is 2.04. The van der Waals surface area contributed by atoms with Crippen LogP contribution in [0.4, 0.5) is 4.79 Å². The molecule has 0 aromatic carbocycles. The van der Waals surface area contributed by atoms with Crippen LogP contribution in [0.25, 0.3) is 0 Å². The molecule has 2 atom stereocenters. The predicted octanol–water partition coefficient (Wildman–Crippen LogP) is 1.15. The van der Waals surface area contributed by atoms with Crippen molar-refractivity contribution < 1.29 is 15.0 Å². The standard InChI is InChI=1S/C9H17NO3/c1-9(2,3)7-6(11)4-5-10(7)8(12)13/h6-7,11H,4-5H2,1-3H3,(H,12,13)/t6?,7-/m1/s1. The molecule has 0 aromatic heterocycles. The van der Waals surface area contributed by atoms with Crippen LogP contribution in [0.1, 0.15) is 27.2 Å². The topological polar surface area (TPSA) is 60.8 Å². The van der Waals surface area contributed by atoms with E-state index in [1.54, 1.807) is 0 Å². The lowest BCUT2D eigenvalue weighted by molar-refractivity contribution is 0.0459. The molecule has 4 heteroatoms. The van der Waals surface area contributed by atoms with Crippen molar-refractivity contribution in [1.82, 2.24) is 4.90 Å². The van der Waals surface area contributed by atoms with Crippen LogP contribution in [0, 0.1) is 5.41 Å². The molecule has 0 aliphatic carbocycles. The van der Waals surface area contributed by atoms with Gasteiger partial charge in [0.1, 0.15) is 0 Å². The van der Waals surface area contributed by atoms with Crippen molar-refractivity contribution in [3.8, 4) is 0 Å². The van der Waals surface area contributed by atoms with Gasteiger partial charge in [-0.25, -0.2) is 4.79 Å². The maximum absolute atomic E-state index is 10.8. The van der Waals surface area contributed by atoms with Crippen LogP contribution < -0.4 is 0 Å². The van der Waals surface area contributed by atoms with Gasteiger partial charge in [0.15, 0.2) is 0 Å². The lowest BCUT2D eigenvalue weighted by Gasteiger charge is -2.35. The molecular formula is C9H17NO3. The van der Waals surface area contributed by atoms with E-state index in [0.29, 0.717) is 13.0 Å². The largest absolute Gasteiger partial charge is 0.465 e. The SMILES string of the molecule is CC(C)(C)[C@H]1C(O)CCN1C(=O)O. The van der Waals surface area contributed by atoms with Crippen molar-refractivity contribution in [2.75, 3.05) is 6.54 Å². The van der Waals surface area contributed by atoms with E-state index in [0.717, 1.165) is 0 Å². The van der Waals surface area contributed by atoms with Crippen LogP contribution in [0.2, 0.25) is 0 Å². The van der Waals surface area contributed by atoms with Crippen molar-refractivity contribution in [3.63, 3.8) is 0 Å². The summed E-state index contributed by atoms with van der Waals surface area (Å²) in [5.41, 5.74) is -0.200. The molecule has 0 aromatic rings. The molecule has 1 rings (SSSR count). The van der Waals surface area contributed by atoms with Crippen molar-refractivity contribution >= 4 is 6.09 Å². The minimum absolute atomic E-state index is 0.200. The molecule has 2 N–H and O–H groups in total. The number of amides is 1. The van der Waals surface area contributed by atoms with E-state index in [2.05, 4.69) is 0 Å². The smallest absolute Gasteiger partial charge is 0.407 e. The highest BCUT2D eigenvalue weighted by Gasteiger charge is 2.43. The lowest BCUT2D eigenvalue weighted by atomic mass is 9.84. The van der Waals surface area contributed by atoms with Crippen LogP contribution in [0.3, 0.4) is 0 Å². The third-order valence-electron chi connectivity index (χ3n) is 2.50. The molecule has 1 fully saturated rings. The Morgan fingerprint density at radius 2 is 2.00 bits per heavy atom. The molecule has 0 bridgehead atoms. The van der Waals surface area contributed by atoms with Gasteiger partial charge in [-0.2, -0.15) is 0 Å². The van der Waals surface area contributed by atoms with E-state index >= 15 is 0 Å². The lowest BCUT2D eigenvalue weighted by Crippen LogP contribution is -2.47.